The molecule has 1 unspecified atom stereocenters. The van der Waals surface area contributed by atoms with E-state index in [9.17, 15) is 4.39 Å². The zero-order chi connectivity index (χ0) is 23.4. The Morgan fingerprint density at radius 3 is 2.39 bits per heavy atom. The van der Waals surface area contributed by atoms with Crippen LogP contribution in [0.15, 0.2) is 35.0 Å². The summed E-state index contributed by atoms with van der Waals surface area (Å²) in [5.41, 5.74) is 0.566. The Kier molecular flexibility index (Phi) is 6.68. The SMILES string of the molecule is COc1cccc(OC)c1-n1c(NSC(C)Cc2ncc(F)cn2)nnc1-c1nnc(C)o1. The first-order chi connectivity index (χ1) is 16.0. The number of hydrogen-bond donors (Lipinski definition) is 1. The molecular weight excluding hydrogens is 451 g/mol. The summed E-state index contributed by atoms with van der Waals surface area (Å²) in [6, 6.07) is 5.41. The molecule has 33 heavy (non-hydrogen) atoms. The van der Waals surface area contributed by atoms with Crippen molar-refractivity contribution in [2.24, 2.45) is 0 Å². The first-order valence-corrected chi connectivity index (χ1v) is 10.7. The van der Waals surface area contributed by atoms with Crippen LogP contribution in [0.4, 0.5) is 10.3 Å². The minimum Gasteiger partial charge on any atom is -0.494 e. The van der Waals surface area contributed by atoms with E-state index in [1.165, 1.54) is 11.9 Å². The van der Waals surface area contributed by atoms with Crippen LogP contribution in [-0.2, 0) is 6.42 Å². The fraction of sp³-hybridized carbons (Fsp3) is 0.300. The Labute approximate surface area is 192 Å². The van der Waals surface area contributed by atoms with Gasteiger partial charge in [-0.3, -0.25) is 4.72 Å². The molecule has 4 aromatic rings. The lowest BCUT2D eigenvalue weighted by atomic mass is 10.2. The number of para-hydroxylation sites is 1. The molecule has 0 aliphatic carbocycles. The highest BCUT2D eigenvalue weighted by molar-refractivity contribution is 8.01. The number of nitrogens with one attached hydrogen (secondary N) is 1. The van der Waals surface area contributed by atoms with Crippen LogP contribution < -0.4 is 14.2 Å². The van der Waals surface area contributed by atoms with E-state index in [1.54, 1.807) is 37.8 Å². The van der Waals surface area contributed by atoms with Gasteiger partial charge >= 0.3 is 0 Å². The van der Waals surface area contributed by atoms with Crippen LogP contribution in [0.2, 0.25) is 0 Å². The largest absolute Gasteiger partial charge is 0.494 e. The number of hydrogen-bond acceptors (Lipinski definition) is 11. The predicted molar refractivity (Wildman–Crippen MR) is 119 cm³/mol. The van der Waals surface area contributed by atoms with E-state index in [0.29, 0.717) is 47.1 Å². The molecule has 13 heteroatoms. The number of rotatable bonds is 9. The molecule has 0 radical (unpaired) electrons. The predicted octanol–water partition coefficient (Wildman–Crippen LogP) is 3.26. The number of aromatic nitrogens is 7. The standard InChI is InChI=1S/C20H21FN8O3S/c1-11(8-16-22-9-13(21)10-23-16)33-28-20-27-25-18(19-26-24-12(2)32-19)29(20)17-14(30-3)6-5-7-15(17)31-4/h5-7,9-11H,8H2,1-4H3,(H,27,28). The van der Waals surface area contributed by atoms with Gasteiger partial charge < -0.3 is 13.9 Å². The smallest absolute Gasteiger partial charge is 0.286 e. The second-order valence-corrected chi connectivity index (χ2v) is 8.12. The summed E-state index contributed by atoms with van der Waals surface area (Å²) < 4.78 is 34.7. The molecule has 3 aromatic heterocycles. The van der Waals surface area contributed by atoms with Gasteiger partial charge in [-0.2, -0.15) is 0 Å². The number of anilines is 1. The van der Waals surface area contributed by atoms with E-state index in [-0.39, 0.29) is 11.1 Å². The van der Waals surface area contributed by atoms with E-state index >= 15 is 0 Å². The first-order valence-electron chi connectivity index (χ1n) is 9.85. The molecule has 0 bridgehead atoms. The molecule has 0 aliphatic heterocycles. The zero-order valence-corrected chi connectivity index (χ0v) is 19.1. The lowest BCUT2D eigenvalue weighted by molar-refractivity contribution is 0.391. The van der Waals surface area contributed by atoms with Gasteiger partial charge in [0, 0.05) is 18.6 Å². The first kappa shape index (κ1) is 22.5. The molecule has 1 aromatic carbocycles. The number of nitrogens with zero attached hydrogens (tertiary/aromatic N) is 7. The normalized spacial score (nSPS) is 11.9. The lowest BCUT2D eigenvalue weighted by Gasteiger charge is -2.17. The van der Waals surface area contributed by atoms with Crippen LogP contribution in [0.25, 0.3) is 17.4 Å². The van der Waals surface area contributed by atoms with Gasteiger partial charge in [-0.15, -0.1) is 20.4 Å². The highest BCUT2D eigenvalue weighted by Crippen LogP contribution is 2.37. The highest BCUT2D eigenvalue weighted by atomic mass is 32.2. The topological polar surface area (TPSA) is 126 Å². The highest BCUT2D eigenvalue weighted by Gasteiger charge is 2.25. The second-order valence-electron chi connectivity index (χ2n) is 6.87. The maximum Gasteiger partial charge on any atom is 0.286 e. The molecule has 4 rings (SSSR count). The summed E-state index contributed by atoms with van der Waals surface area (Å²) in [5, 5.41) is 16.5. The van der Waals surface area contributed by atoms with Crippen molar-refractivity contribution in [2.75, 3.05) is 18.9 Å². The van der Waals surface area contributed by atoms with E-state index in [4.69, 9.17) is 13.9 Å². The van der Waals surface area contributed by atoms with Gasteiger partial charge in [0.1, 0.15) is 23.0 Å². The van der Waals surface area contributed by atoms with Crippen LogP contribution >= 0.6 is 11.9 Å². The Morgan fingerprint density at radius 2 is 1.79 bits per heavy atom. The summed E-state index contributed by atoms with van der Waals surface area (Å²) >= 11 is 1.38. The van der Waals surface area contributed by atoms with Crippen molar-refractivity contribution in [1.29, 1.82) is 0 Å². The minimum atomic E-state index is -0.472. The minimum absolute atomic E-state index is 0.0225. The molecule has 0 fully saturated rings. The van der Waals surface area contributed by atoms with Crippen LogP contribution in [0.5, 0.6) is 11.5 Å². The van der Waals surface area contributed by atoms with Gasteiger partial charge in [-0.05, 0) is 24.1 Å². The third kappa shape index (κ3) is 4.87. The Morgan fingerprint density at radius 1 is 1.09 bits per heavy atom. The van der Waals surface area contributed by atoms with Crippen molar-refractivity contribution in [1.82, 2.24) is 34.9 Å². The van der Waals surface area contributed by atoms with Crippen molar-refractivity contribution < 1.29 is 18.3 Å². The molecule has 1 N–H and O–H groups in total. The Hall–Kier alpha value is -3.74. The summed E-state index contributed by atoms with van der Waals surface area (Å²) in [6.45, 7) is 3.67. The fourth-order valence-electron chi connectivity index (χ4n) is 3.04. The Bertz CT molecular complexity index is 1210. The number of halogens is 1. The van der Waals surface area contributed by atoms with Gasteiger partial charge in [0.25, 0.3) is 5.89 Å². The van der Waals surface area contributed by atoms with E-state index in [2.05, 4.69) is 35.1 Å². The summed E-state index contributed by atoms with van der Waals surface area (Å²) in [5.74, 6) is 2.42. The van der Waals surface area contributed by atoms with Crippen molar-refractivity contribution in [3.05, 3.63) is 48.1 Å². The molecule has 0 spiro atoms. The van der Waals surface area contributed by atoms with Gasteiger partial charge in [-0.1, -0.05) is 13.0 Å². The maximum absolute atomic E-state index is 13.1. The van der Waals surface area contributed by atoms with Crippen LogP contribution in [-0.4, -0.2) is 54.4 Å². The van der Waals surface area contributed by atoms with Crippen molar-refractivity contribution >= 4 is 17.9 Å². The summed E-state index contributed by atoms with van der Waals surface area (Å²) in [6.07, 6.45) is 2.81. The van der Waals surface area contributed by atoms with E-state index in [0.717, 1.165) is 12.4 Å². The number of aryl methyl sites for hydroxylation is 1. The van der Waals surface area contributed by atoms with Crippen LogP contribution in [0.1, 0.15) is 18.6 Å². The molecule has 0 saturated carbocycles. The van der Waals surface area contributed by atoms with Crippen LogP contribution in [0, 0.1) is 12.7 Å². The number of methoxy groups -OCH3 is 2. The Balaban J connectivity index is 1.68. The maximum atomic E-state index is 13.1. The van der Waals surface area contributed by atoms with Crippen molar-refractivity contribution in [2.45, 2.75) is 25.5 Å². The van der Waals surface area contributed by atoms with E-state index in [1.807, 2.05) is 13.0 Å². The summed E-state index contributed by atoms with van der Waals surface area (Å²) in [7, 11) is 3.12. The van der Waals surface area contributed by atoms with Crippen molar-refractivity contribution in [3.63, 3.8) is 0 Å². The average Bonchev–Trinajstić information content (AvgIpc) is 3.44. The van der Waals surface area contributed by atoms with Gasteiger partial charge in [-0.25, -0.2) is 18.9 Å². The molecule has 3 heterocycles. The molecule has 172 valence electrons. The molecule has 1 atom stereocenters. The zero-order valence-electron chi connectivity index (χ0n) is 18.3. The molecule has 0 amide bonds. The second kappa shape index (κ2) is 9.81. The third-order valence-corrected chi connectivity index (χ3v) is 5.37. The van der Waals surface area contributed by atoms with Gasteiger partial charge in [0.15, 0.2) is 5.82 Å². The molecule has 11 nitrogen and oxygen atoms in total. The van der Waals surface area contributed by atoms with Gasteiger partial charge in [0.05, 0.1) is 26.6 Å². The number of ether oxygens (including phenoxy) is 2. The van der Waals surface area contributed by atoms with Gasteiger partial charge in [0.2, 0.25) is 17.7 Å². The third-order valence-electron chi connectivity index (χ3n) is 4.50. The number of benzene rings is 1. The average molecular weight is 473 g/mol. The van der Waals surface area contributed by atoms with Crippen LogP contribution in [0.3, 0.4) is 0 Å². The molecule has 0 aliphatic rings. The van der Waals surface area contributed by atoms with E-state index < -0.39 is 5.82 Å². The quantitative estimate of drug-likeness (QED) is 0.361. The molecule has 0 saturated heterocycles. The fourth-order valence-corrected chi connectivity index (χ4v) is 3.71. The monoisotopic (exact) mass is 472 g/mol. The van der Waals surface area contributed by atoms with Crippen molar-refractivity contribution in [3.8, 4) is 28.9 Å². The molecular formula is C20H21FN8O3S. The lowest BCUT2D eigenvalue weighted by Crippen LogP contribution is -2.11. The summed E-state index contributed by atoms with van der Waals surface area (Å²) in [4.78, 5) is 8.02.